The number of imidazole rings is 1. The maximum absolute atomic E-state index is 5.48. The second-order valence-corrected chi connectivity index (χ2v) is 5.68. The van der Waals surface area contributed by atoms with Crippen LogP contribution in [0.15, 0.2) is 47.5 Å². The minimum absolute atomic E-state index is 0.151. The first-order valence-corrected chi connectivity index (χ1v) is 7.64. The number of aromatic nitrogens is 4. The Morgan fingerprint density at radius 2 is 2.30 bits per heavy atom. The predicted molar refractivity (Wildman–Crippen MR) is 85.1 cm³/mol. The summed E-state index contributed by atoms with van der Waals surface area (Å²) >= 11 is 0. The first-order valence-electron chi connectivity index (χ1n) is 7.64. The van der Waals surface area contributed by atoms with Crippen LogP contribution in [0.2, 0.25) is 0 Å². The molecule has 7 heteroatoms. The van der Waals surface area contributed by atoms with Gasteiger partial charge in [0.25, 0.3) is 5.89 Å². The molecule has 23 heavy (non-hydrogen) atoms. The molecule has 1 aromatic carbocycles. The lowest BCUT2D eigenvalue weighted by molar-refractivity contribution is 0.190. The Hall–Kier alpha value is -2.51. The largest absolute Gasteiger partial charge is 0.334 e. The van der Waals surface area contributed by atoms with E-state index in [1.165, 1.54) is 0 Å². The minimum atomic E-state index is 0.151. The molecule has 0 amide bonds. The number of nitrogens with zero attached hydrogens (tertiary/aromatic N) is 5. The van der Waals surface area contributed by atoms with Gasteiger partial charge < -0.3 is 14.4 Å². The van der Waals surface area contributed by atoms with Gasteiger partial charge in [0.15, 0.2) is 5.82 Å². The Kier molecular flexibility index (Phi) is 3.64. The topological polar surface area (TPSA) is 72.0 Å². The molecule has 1 N–H and O–H groups in total. The van der Waals surface area contributed by atoms with E-state index in [1.54, 1.807) is 12.5 Å². The van der Waals surface area contributed by atoms with Gasteiger partial charge in [-0.25, -0.2) is 4.98 Å². The highest BCUT2D eigenvalue weighted by atomic mass is 16.5. The maximum atomic E-state index is 5.48. The van der Waals surface area contributed by atoms with Gasteiger partial charge in [0, 0.05) is 43.3 Å². The van der Waals surface area contributed by atoms with Gasteiger partial charge in [-0.15, -0.1) is 0 Å². The summed E-state index contributed by atoms with van der Waals surface area (Å²) in [4.78, 5) is 10.9. The summed E-state index contributed by atoms with van der Waals surface area (Å²) in [6.45, 7) is 2.81. The molecule has 0 aliphatic carbocycles. The van der Waals surface area contributed by atoms with Crippen molar-refractivity contribution in [3.05, 3.63) is 48.8 Å². The fourth-order valence-electron chi connectivity index (χ4n) is 2.79. The van der Waals surface area contributed by atoms with Gasteiger partial charge in [-0.05, 0) is 25.2 Å². The average Bonchev–Trinajstić information content (AvgIpc) is 3.27. The summed E-state index contributed by atoms with van der Waals surface area (Å²) in [6.07, 6.45) is 5.42. The first kappa shape index (κ1) is 14.1. The third-order valence-electron chi connectivity index (χ3n) is 4.15. The number of likely N-dealkylation sites (N-methyl/N-ethyl adjacent to an activating group) is 1. The molecular formula is C16H18N6O. The fourth-order valence-corrected chi connectivity index (χ4v) is 2.79. The van der Waals surface area contributed by atoms with Crippen molar-refractivity contribution >= 4 is 0 Å². The standard InChI is InChI=1S/C16H18N6O/c1-21-7-5-17-10-14(21)15-19-16(23-20-15)12-3-2-4-13(9-12)22-8-6-18-11-22/h2-4,6,8-9,11,14,17H,5,7,10H2,1H3. The van der Waals surface area contributed by atoms with E-state index in [-0.39, 0.29) is 6.04 Å². The first-order chi connectivity index (χ1) is 11.3. The molecule has 0 bridgehead atoms. The number of nitrogens with one attached hydrogen (secondary N) is 1. The van der Waals surface area contributed by atoms with Gasteiger partial charge >= 0.3 is 0 Å². The second-order valence-electron chi connectivity index (χ2n) is 5.68. The zero-order valence-electron chi connectivity index (χ0n) is 12.9. The van der Waals surface area contributed by atoms with Crippen LogP contribution in [0.4, 0.5) is 0 Å². The highest BCUT2D eigenvalue weighted by Crippen LogP contribution is 2.24. The molecule has 0 saturated carbocycles. The highest BCUT2D eigenvalue weighted by Gasteiger charge is 2.25. The zero-order valence-corrected chi connectivity index (χ0v) is 12.9. The Bertz CT molecular complexity index is 781. The van der Waals surface area contributed by atoms with Crippen molar-refractivity contribution in [3.8, 4) is 17.1 Å². The van der Waals surface area contributed by atoms with E-state index in [0.29, 0.717) is 5.89 Å². The molecule has 1 saturated heterocycles. The van der Waals surface area contributed by atoms with Crippen LogP contribution < -0.4 is 5.32 Å². The smallest absolute Gasteiger partial charge is 0.258 e. The summed E-state index contributed by atoms with van der Waals surface area (Å²) in [6, 6.07) is 8.13. The summed E-state index contributed by atoms with van der Waals surface area (Å²) in [5.41, 5.74) is 1.91. The Morgan fingerprint density at radius 1 is 1.35 bits per heavy atom. The Morgan fingerprint density at radius 3 is 3.13 bits per heavy atom. The highest BCUT2D eigenvalue weighted by molar-refractivity contribution is 5.57. The van der Waals surface area contributed by atoms with Crippen molar-refractivity contribution in [2.24, 2.45) is 0 Å². The summed E-state index contributed by atoms with van der Waals surface area (Å²) in [5, 5.41) is 7.54. The number of piperazine rings is 1. The molecule has 1 aliphatic heterocycles. The predicted octanol–water partition coefficient (Wildman–Crippen LogP) is 1.50. The maximum Gasteiger partial charge on any atom is 0.258 e. The van der Waals surface area contributed by atoms with Crippen molar-refractivity contribution in [3.63, 3.8) is 0 Å². The number of rotatable bonds is 3. The summed E-state index contributed by atoms with van der Waals surface area (Å²) in [5.74, 6) is 1.27. The van der Waals surface area contributed by atoms with Crippen LogP contribution >= 0.6 is 0 Å². The van der Waals surface area contributed by atoms with Crippen LogP contribution in [0.25, 0.3) is 17.1 Å². The van der Waals surface area contributed by atoms with E-state index in [0.717, 1.165) is 36.7 Å². The van der Waals surface area contributed by atoms with Crippen LogP contribution in [-0.4, -0.2) is 51.3 Å². The lowest BCUT2D eigenvalue weighted by atomic mass is 10.2. The van der Waals surface area contributed by atoms with E-state index in [9.17, 15) is 0 Å². The summed E-state index contributed by atoms with van der Waals surface area (Å²) in [7, 11) is 2.08. The van der Waals surface area contributed by atoms with Gasteiger partial charge in [0.2, 0.25) is 0 Å². The van der Waals surface area contributed by atoms with Crippen LogP contribution in [-0.2, 0) is 0 Å². The molecule has 1 atom stereocenters. The van der Waals surface area contributed by atoms with E-state index < -0.39 is 0 Å². The fraction of sp³-hybridized carbons (Fsp3) is 0.312. The van der Waals surface area contributed by atoms with Gasteiger partial charge in [-0.2, -0.15) is 4.98 Å². The molecule has 0 radical (unpaired) electrons. The van der Waals surface area contributed by atoms with Crippen molar-refractivity contribution in [1.82, 2.24) is 29.9 Å². The van der Waals surface area contributed by atoms with E-state index >= 15 is 0 Å². The normalized spacial score (nSPS) is 19.1. The van der Waals surface area contributed by atoms with E-state index in [4.69, 9.17) is 4.52 Å². The van der Waals surface area contributed by atoms with E-state index in [2.05, 4.69) is 32.4 Å². The van der Waals surface area contributed by atoms with Crippen LogP contribution in [0, 0.1) is 0 Å². The molecule has 2 aromatic heterocycles. The second kappa shape index (κ2) is 5.94. The third-order valence-corrected chi connectivity index (χ3v) is 4.15. The third kappa shape index (κ3) is 2.76. The molecule has 4 rings (SSSR count). The number of hydrogen-bond acceptors (Lipinski definition) is 6. The lowest BCUT2D eigenvalue weighted by Gasteiger charge is -2.30. The van der Waals surface area contributed by atoms with Crippen LogP contribution in [0.1, 0.15) is 11.9 Å². The molecule has 3 aromatic rings. The van der Waals surface area contributed by atoms with E-state index in [1.807, 2.05) is 35.0 Å². The monoisotopic (exact) mass is 310 g/mol. The van der Waals surface area contributed by atoms with Gasteiger partial charge in [-0.3, -0.25) is 4.90 Å². The van der Waals surface area contributed by atoms with Crippen LogP contribution in [0.3, 0.4) is 0 Å². The van der Waals surface area contributed by atoms with Gasteiger partial charge in [0.1, 0.15) is 0 Å². The molecule has 7 nitrogen and oxygen atoms in total. The Labute approximate surface area is 133 Å². The van der Waals surface area contributed by atoms with Crippen molar-refractivity contribution in [2.75, 3.05) is 26.7 Å². The zero-order chi connectivity index (χ0) is 15.6. The van der Waals surface area contributed by atoms with Crippen molar-refractivity contribution < 1.29 is 4.52 Å². The molecule has 1 unspecified atom stereocenters. The SMILES string of the molecule is CN1CCNCC1c1noc(-c2cccc(-n3ccnc3)c2)n1. The lowest BCUT2D eigenvalue weighted by Crippen LogP contribution is -2.44. The molecule has 1 aliphatic rings. The van der Waals surface area contributed by atoms with Gasteiger partial charge in [0.05, 0.1) is 12.4 Å². The average molecular weight is 310 g/mol. The molecule has 118 valence electrons. The van der Waals surface area contributed by atoms with Crippen molar-refractivity contribution in [1.29, 1.82) is 0 Å². The Balaban J connectivity index is 1.63. The number of hydrogen-bond donors (Lipinski definition) is 1. The quantitative estimate of drug-likeness (QED) is 0.790. The molecular weight excluding hydrogens is 292 g/mol. The van der Waals surface area contributed by atoms with Crippen molar-refractivity contribution in [2.45, 2.75) is 6.04 Å². The minimum Gasteiger partial charge on any atom is -0.334 e. The van der Waals surface area contributed by atoms with Gasteiger partial charge in [-0.1, -0.05) is 11.2 Å². The molecule has 1 fully saturated rings. The molecule has 3 heterocycles. The molecule has 0 spiro atoms. The summed E-state index contributed by atoms with van der Waals surface area (Å²) < 4.78 is 7.43. The number of benzene rings is 1. The van der Waals surface area contributed by atoms with Crippen LogP contribution in [0.5, 0.6) is 0 Å².